The molecule has 0 aromatic heterocycles. The van der Waals surface area contributed by atoms with Crippen molar-refractivity contribution in [2.75, 3.05) is 18.1 Å². The third kappa shape index (κ3) is 14.0. The Morgan fingerprint density at radius 1 is 1.22 bits per heavy atom. The molecule has 0 rings (SSSR count). The molecule has 5 heteroatoms. The number of rotatable bonds is 8. The fraction of sp³-hybridized carbons (Fsp3) is 0.923. The molecule has 0 heterocycles. The highest BCUT2D eigenvalue weighted by Crippen LogP contribution is 2.26. The van der Waals surface area contributed by atoms with Crippen molar-refractivity contribution in [2.24, 2.45) is 5.41 Å². The molecule has 1 N–H and O–H groups in total. The molecule has 0 aliphatic carbocycles. The van der Waals surface area contributed by atoms with Crippen LogP contribution in [0.5, 0.6) is 0 Å². The summed E-state index contributed by atoms with van der Waals surface area (Å²) < 4.78 is 4.97. The molecular weight excluding hydrogens is 266 g/mol. The normalized spacial score (nSPS) is 11.7. The van der Waals surface area contributed by atoms with Gasteiger partial charge in [0.1, 0.15) is 0 Å². The molecule has 18 heavy (non-hydrogen) atoms. The number of hydrogen-bond acceptors (Lipinski definition) is 4. The highest BCUT2D eigenvalue weighted by molar-refractivity contribution is 8.76. The zero-order valence-electron chi connectivity index (χ0n) is 12.2. The third-order valence-corrected chi connectivity index (χ3v) is 4.53. The molecule has 0 spiro atoms. The lowest BCUT2D eigenvalue weighted by Gasteiger charge is -2.17. The topological polar surface area (TPSA) is 38.3 Å². The first-order valence-corrected chi connectivity index (χ1v) is 8.99. The van der Waals surface area contributed by atoms with E-state index in [0.29, 0.717) is 12.0 Å². The van der Waals surface area contributed by atoms with E-state index in [4.69, 9.17) is 4.74 Å². The molecule has 0 aromatic carbocycles. The predicted molar refractivity (Wildman–Crippen MR) is 83.2 cm³/mol. The van der Waals surface area contributed by atoms with E-state index in [1.165, 1.54) is 18.6 Å². The molecule has 3 nitrogen and oxygen atoms in total. The highest BCUT2D eigenvalue weighted by atomic mass is 33.1. The van der Waals surface area contributed by atoms with Crippen LogP contribution >= 0.6 is 21.6 Å². The van der Waals surface area contributed by atoms with E-state index >= 15 is 0 Å². The average Bonchev–Trinajstić information content (AvgIpc) is 2.19. The minimum atomic E-state index is -0.316. The fourth-order valence-electron chi connectivity index (χ4n) is 1.23. The van der Waals surface area contributed by atoms with Crippen molar-refractivity contribution in [3.8, 4) is 0 Å². The summed E-state index contributed by atoms with van der Waals surface area (Å²) in [6.45, 7) is 11.2. The first-order chi connectivity index (χ1) is 8.31. The standard InChI is InChI=1S/C13H27NO2S2/c1-11(2)16-12(15)14-8-10-18-17-9-6-7-13(3,4)5/h11H,6-10H2,1-5H3,(H,14,15). The molecule has 0 saturated heterocycles. The average molecular weight is 293 g/mol. The molecular formula is C13H27NO2S2. The van der Waals surface area contributed by atoms with E-state index < -0.39 is 0 Å². The van der Waals surface area contributed by atoms with E-state index in [1.807, 2.05) is 35.4 Å². The Bertz CT molecular complexity index is 228. The number of carbonyl (C=O) groups excluding carboxylic acids is 1. The van der Waals surface area contributed by atoms with Gasteiger partial charge in [-0.15, -0.1) is 0 Å². The van der Waals surface area contributed by atoms with Crippen molar-refractivity contribution < 1.29 is 9.53 Å². The first-order valence-electron chi connectivity index (χ1n) is 6.50. The second kappa shape index (κ2) is 9.84. The molecule has 0 aliphatic heterocycles. The van der Waals surface area contributed by atoms with Gasteiger partial charge in [-0.05, 0) is 32.1 Å². The monoisotopic (exact) mass is 293 g/mol. The first kappa shape index (κ1) is 18.0. The van der Waals surface area contributed by atoms with E-state index in [1.54, 1.807) is 0 Å². The van der Waals surface area contributed by atoms with Gasteiger partial charge in [-0.25, -0.2) is 4.79 Å². The van der Waals surface area contributed by atoms with Crippen molar-refractivity contribution in [1.82, 2.24) is 5.32 Å². The van der Waals surface area contributed by atoms with E-state index in [-0.39, 0.29) is 12.2 Å². The van der Waals surface area contributed by atoms with Crippen LogP contribution in [0.4, 0.5) is 4.79 Å². The molecule has 0 unspecified atom stereocenters. The predicted octanol–water partition coefficient (Wildman–Crippen LogP) is 4.33. The van der Waals surface area contributed by atoms with Crippen LogP contribution in [0.3, 0.4) is 0 Å². The quantitative estimate of drug-likeness (QED) is 0.534. The zero-order chi connectivity index (χ0) is 14.0. The molecule has 1 amide bonds. The van der Waals surface area contributed by atoms with Gasteiger partial charge >= 0.3 is 6.09 Å². The van der Waals surface area contributed by atoms with Gasteiger partial charge < -0.3 is 10.1 Å². The highest BCUT2D eigenvalue weighted by Gasteiger charge is 2.08. The van der Waals surface area contributed by atoms with Crippen LogP contribution in [0.15, 0.2) is 0 Å². The van der Waals surface area contributed by atoms with Crippen molar-refractivity contribution in [2.45, 2.75) is 53.6 Å². The number of carbonyl (C=O) groups is 1. The minimum absolute atomic E-state index is 0.0515. The molecule has 0 bridgehead atoms. The lowest BCUT2D eigenvalue weighted by atomic mass is 9.91. The van der Waals surface area contributed by atoms with Crippen LogP contribution in [-0.4, -0.2) is 30.2 Å². The van der Waals surface area contributed by atoms with E-state index in [2.05, 4.69) is 26.1 Å². The number of ether oxygens (including phenoxy) is 1. The Kier molecular flexibility index (Phi) is 9.83. The SMILES string of the molecule is CC(C)OC(=O)NCCSSCCCC(C)(C)C. The largest absolute Gasteiger partial charge is 0.447 e. The van der Waals surface area contributed by atoms with Crippen molar-refractivity contribution in [1.29, 1.82) is 0 Å². The second-order valence-electron chi connectivity index (χ2n) is 5.69. The smallest absolute Gasteiger partial charge is 0.407 e. The van der Waals surface area contributed by atoms with E-state index in [9.17, 15) is 4.79 Å². The molecule has 0 fully saturated rings. The summed E-state index contributed by atoms with van der Waals surface area (Å²) in [6.07, 6.45) is 2.15. The molecule has 0 atom stereocenters. The number of nitrogens with one attached hydrogen (secondary N) is 1. The van der Waals surface area contributed by atoms with Crippen LogP contribution in [0.25, 0.3) is 0 Å². The van der Waals surface area contributed by atoms with Gasteiger partial charge in [0.15, 0.2) is 0 Å². The summed E-state index contributed by atoms with van der Waals surface area (Å²) in [5, 5.41) is 2.73. The van der Waals surface area contributed by atoms with Crippen LogP contribution in [0.1, 0.15) is 47.5 Å². The van der Waals surface area contributed by atoms with E-state index in [0.717, 1.165) is 5.75 Å². The second-order valence-corrected chi connectivity index (χ2v) is 8.39. The summed E-state index contributed by atoms with van der Waals surface area (Å²) in [7, 11) is 3.70. The van der Waals surface area contributed by atoms with Gasteiger partial charge in [0.05, 0.1) is 6.10 Å². The zero-order valence-corrected chi connectivity index (χ0v) is 13.9. The molecule has 108 valence electrons. The maximum absolute atomic E-state index is 11.1. The summed E-state index contributed by atoms with van der Waals surface area (Å²) in [5.74, 6) is 2.10. The lowest BCUT2D eigenvalue weighted by molar-refractivity contribution is 0.116. The van der Waals surface area contributed by atoms with Gasteiger partial charge in [-0.1, -0.05) is 42.4 Å². The fourth-order valence-corrected chi connectivity index (χ4v) is 3.22. The molecule has 0 radical (unpaired) electrons. The van der Waals surface area contributed by atoms with Gasteiger partial charge in [0, 0.05) is 18.1 Å². The molecule has 0 aromatic rings. The Balaban J connectivity index is 3.24. The Morgan fingerprint density at radius 2 is 1.83 bits per heavy atom. The number of alkyl carbamates (subject to hydrolysis) is 1. The Labute approximate surface area is 120 Å². The van der Waals surface area contributed by atoms with Crippen LogP contribution in [0.2, 0.25) is 0 Å². The van der Waals surface area contributed by atoms with Crippen molar-refractivity contribution in [3.63, 3.8) is 0 Å². The summed E-state index contributed by atoms with van der Waals surface area (Å²) in [6, 6.07) is 0. The maximum Gasteiger partial charge on any atom is 0.407 e. The summed E-state index contributed by atoms with van der Waals surface area (Å²) in [5.41, 5.74) is 0.438. The number of hydrogen-bond donors (Lipinski definition) is 1. The van der Waals surface area contributed by atoms with Gasteiger partial charge in [-0.3, -0.25) is 0 Å². The summed E-state index contributed by atoms with van der Waals surface area (Å²) in [4.78, 5) is 11.1. The minimum Gasteiger partial charge on any atom is -0.447 e. The van der Waals surface area contributed by atoms with Gasteiger partial charge in [0.25, 0.3) is 0 Å². The maximum atomic E-state index is 11.1. The van der Waals surface area contributed by atoms with Crippen LogP contribution < -0.4 is 5.32 Å². The van der Waals surface area contributed by atoms with Gasteiger partial charge in [-0.2, -0.15) is 0 Å². The van der Waals surface area contributed by atoms with Crippen LogP contribution in [-0.2, 0) is 4.74 Å². The van der Waals surface area contributed by atoms with Crippen molar-refractivity contribution in [3.05, 3.63) is 0 Å². The molecule has 0 aliphatic rings. The van der Waals surface area contributed by atoms with Crippen molar-refractivity contribution >= 4 is 27.7 Å². The third-order valence-electron chi connectivity index (χ3n) is 2.04. The number of amides is 1. The molecule has 0 saturated carbocycles. The Morgan fingerprint density at radius 3 is 2.39 bits per heavy atom. The van der Waals surface area contributed by atoms with Gasteiger partial charge in [0.2, 0.25) is 0 Å². The lowest BCUT2D eigenvalue weighted by Crippen LogP contribution is -2.28. The van der Waals surface area contributed by atoms with Crippen LogP contribution in [0, 0.1) is 5.41 Å². The Hall–Kier alpha value is -0.0300. The summed E-state index contributed by atoms with van der Waals surface area (Å²) >= 11 is 0.